The Kier molecular flexibility index (Phi) is 6.39. The van der Waals surface area contributed by atoms with E-state index in [1.165, 1.54) is 41.6 Å². The first-order valence-electron chi connectivity index (χ1n) is 8.33. The van der Waals surface area contributed by atoms with Crippen LogP contribution in [0.5, 0.6) is 0 Å². The summed E-state index contributed by atoms with van der Waals surface area (Å²) in [6.07, 6.45) is 0.376. The van der Waals surface area contributed by atoms with E-state index < -0.39 is 15.8 Å². The molecule has 2 aromatic carbocycles. The van der Waals surface area contributed by atoms with Gasteiger partial charge in [-0.2, -0.15) is 0 Å². The lowest BCUT2D eigenvalue weighted by Crippen LogP contribution is -2.23. The third-order valence-corrected chi connectivity index (χ3v) is 6.77. The zero-order chi connectivity index (χ0) is 20.3. The quantitative estimate of drug-likeness (QED) is 0.346. The second-order valence-corrected chi connectivity index (χ2v) is 9.39. The van der Waals surface area contributed by atoms with Gasteiger partial charge in [-0.3, -0.25) is 9.36 Å². The van der Waals surface area contributed by atoms with Crippen molar-refractivity contribution in [2.45, 2.75) is 11.6 Å². The second kappa shape index (κ2) is 8.60. The molecule has 3 rings (SSSR count). The number of hydrogen-bond acceptors (Lipinski definition) is 5. The highest BCUT2D eigenvalue weighted by Crippen LogP contribution is 2.24. The Bertz CT molecular complexity index is 1180. The number of para-hydroxylation sites is 1. The van der Waals surface area contributed by atoms with Crippen LogP contribution in [0.15, 0.2) is 52.4 Å². The highest BCUT2D eigenvalue weighted by molar-refractivity contribution is 7.99. The zero-order valence-corrected chi connectivity index (χ0v) is 17.2. The van der Waals surface area contributed by atoms with E-state index in [4.69, 9.17) is 11.6 Å². The SMILES string of the molecule is CNS(=O)(=O)CCCSc1nc2ccccc2c(=O)n1-c1ccc(F)c(Cl)c1. The topological polar surface area (TPSA) is 81.1 Å². The van der Waals surface area contributed by atoms with Gasteiger partial charge in [-0.05, 0) is 43.8 Å². The molecule has 148 valence electrons. The van der Waals surface area contributed by atoms with Crippen molar-refractivity contribution in [3.8, 4) is 5.69 Å². The fraction of sp³-hybridized carbons (Fsp3) is 0.222. The monoisotopic (exact) mass is 441 g/mol. The Hall–Kier alpha value is -1.94. The number of nitrogens with one attached hydrogen (secondary N) is 1. The van der Waals surface area contributed by atoms with Gasteiger partial charge < -0.3 is 0 Å². The maximum atomic E-state index is 13.6. The van der Waals surface area contributed by atoms with Gasteiger partial charge in [0.1, 0.15) is 5.82 Å². The van der Waals surface area contributed by atoms with Crippen molar-refractivity contribution < 1.29 is 12.8 Å². The van der Waals surface area contributed by atoms with Gasteiger partial charge in [0.15, 0.2) is 5.16 Å². The number of hydrogen-bond donors (Lipinski definition) is 1. The third-order valence-electron chi connectivity index (χ3n) is 4.01. The lowest BCUT2D eigenvalue weighted by molar-refractivity contribution is 0.587. The summed E-state index contributed by atoms with van der Waals surface area (Å²) in [5.41, 5.74) is 0.612. The van der Waals surface area contributed by atoms with Gasteiger partial charge in [-0.25, -0.2) is 22.5 Å². The van der Waals surface area contributed by atoms with E-state index in [0.717, 1.165) is 0 Å². The maximum absolute atomic E-state index is 13.6. The highest BCUT2D eigenvalue weighted by Gasteiger charge is 2.15. The van der Waals surface area contributed by atoms with Crippen LogP contribution in [-0.4, -0.2) is 36.5 Å². The van der Waals surface area contributed by atoms with Crippen LogP contribution in [0.2, 0.25) is 5.02 Å². The third kappa shape index (κ3) is 4.54. The fourth-order valence-corrected chi connectivity index (χ4v) is 4.61. The maximum Gasteiger partial charge on any atom is 0.266 e. The van der Waals surface area contributed by atoms with Crippen molar-refractivity contribution in [1.29, 1.82) is 0 Å². The summed E-state index contributed by atoms with van der Waals surface area (Å²) in [5, 5.41) is 0.701. The summed E-state index contributed by atoms with van der Waals surface area (Å²) >= 11 is 7.14. The predicted molar refractivity (Wildman–Crippen MR) is 110 cm³/mol. The minimum absolute atomic E-state index is 0.0311. The molecular weight excluding hydrogens is 425 g/mol. The first-order valence-corrected chi connectivity index (χ1v) is 11.4. The molecule has 0 aliphatic heterocycles. The van der Waals surface area contributed by atoms with Crippen LogP contribution in [0, 0.1) is 5.82 Å². The van der Waals surface area contributed by atoms with Crippen LogP contribution in [0.3, 0.4) is 0 Å². The largest absolute Gasteiger partial charge is 0.268 e. The lowest BCUT2D eigenvalue weighted by atomic mass is 10.2. The molecule has 0 saturated heterocycles. The van der Waals surface area contributed by atoms with Crippen LogP contribution in [-0.2, 0) is 10.0 Å². The predicted octanol–water partition coefficient (Wildman–Crippen LogP) is 3.21. The first kappa shape index (κ1) is 20.8. The zero-order valence-electron chi connectivity index (χ0n) is 14.9. The molecule has 3 aromatic rings. The van der Waals surface area contributed by atoms with Gasteiger partial charge in [0, 0.05) is 5.75 Å². The molecule has 0 spiro atoms. The van der Waals surface area contributed by atoms with Crippen molar-refractivity contribution in [2.24, 2.45) is 0 Å². The van der Waals surface area contributed by atoms with E-state index in [-0.39, 0.29) is 16.3 Å². The van der Waals surface area contributed by atoms with Crippen molar-refractivity contribution >= 4 is 44.3 Å². The number of benzene rings is 2. The Morgan fingerprint density at radius 1 is 1.25 bits per heavy atom. The smallest absolute Gasteiger partial charge is 0.266 e. The molecule has 1 heterocycles. The fourth-order valence-electron chi connectivity index (χ4n) is 2.58. The normalized spacial score (nSPS) is 11.8. The number of aromatic nitrogens is 2. The number of thioether (sulfide) groups is 1. The van der Waals surface area contributed by atoms with E-state index in [0.29, 0.717) is 33.9 Å². The summed E-state index contributed by atoms with van der Waals surface area (Å²) in [4.78, 5) is 17.6. The average molecular weight is 442 g/mol. The van der Waals surface area contributed by atoms with Gasteiger partial charge >= 0.3 is 0 Å². The number of fused-ring (bicyclic) bond motifs is 1. The van der Waals surface area contributed by atoms with Gasteiger partial charge in [0.25, 0.3) is 5.56 Å². The van der Waals surface area contributed by atoms with Gasteiger partial charge in [0.05, 0.1) is 27.4 Å². The van der Waals surface area contributed by atoms with Crippen molar-refractivity contribution in [3.05, 3.63) is 63.7 Å². The van der Waals surface area contributed by atoms with Gasteiger partial charge in [-0.15, -0.1) is 0 Å². The molecular formula is C18H17ClFN3O3S2. The molecule has 0 fully saturated rings. The Morgan fingerprint density at radius 2 is 2.00 bits per heavy atom. The van der Waals surface area contributed by atoms with Crippen LogP contribution >= 0.6 is 23.4 Å². The van der Waals surface area contributed by atoms with Gasteiger partial charge in [-0.1, -0.05) is 35.5 Å². The molecule has 1 N–H and O–H groups in total. The van der Waals surface area contributed by atoms with E-state index >= 15 is 0 Å². The molecule has 1 aromatic heterocycles. The second-order valence-electron chi connectivity index (χ2n) is 5.88. The molecule has 28 heavy (non-hydrogen) atoms. The molecule has 0 unspecified atom stereocenters. The number of sulfonamides is 1. The summed E-state index contributed by atoms with van der Waals surface area (Å²) in [5.74, 6) is -0.184. The van der Waals surface area contributed by atoms with Crippen LogP contribution in [0.1, 0.15) is 6.42 Å². The number of rotatable bonds is 7. The van der Waals surface area contributed by atoms with Crippen molar-refractivity contribution in [3.63, 3.8) is 0 Å². The summed E-state index contributed by atoms with van der Waals surface area (Å²) in [6.45, 7) is 0. The highest BCUT2D eigenvalue weighted by atomic mass is 35.5. The first-order chi connectivity index (χ1) is 13.3. The van der Waals surface area contributed by atoms with E-state index in [9.17, 15) is 17.6 Å². The average Bonchev–Trinajstić information content (AvgIpc) is 2.68. The number of halogens is 2. The van der Waals surface area contributed by atoms with Crippen molar-refractivity contribution in [2.75, 3.05) is 18.6 Å². The standard InChI is InChI=1S/C18H17ClFN3O3S2/c1-21-28(25,26)10-4-9-27-18-22-16-6-3-2-5-13(16)17(24)23(18)12-7-8-15(20)14(19)11-12/h2-3,5-8,11,21H,4,9-10H2,1H3. The molecule has 0 amide bonds. The minimum Gasteiger partial charge on any atom is -0.268 e. The molecule has 0 atom stereocenters. The van der Waals surface area contributed by atoms with Gasteiger partial charge in [0.2, 0.25) is 10.0 Å². The molecule has 0 bridgehead atoms. The van der Waals surface area contributed by atoms with E-state index in [1.54, 1.807) is 24.3 Å². The number of nitrogens with zero attached hydrogens (tertiary/aromatic N) is 2. The Labute approximate surface area is 170 Å². The Morgan fingerprint density at radius 3 is 2.71 bits per heavy atom. The van der Waals surface area contributed by atoms with Crippen LogP contribution < -0.4 is 10.3 Å². The van der Waals surface area contributed by atoms with E-state index in [2.05, 4.69) is 9.71 Å². The summed E-state index contributed by atoms with van der Waals surface area (Å²) in [7, 11) is -1.94. The van der Waals surface area contributed by atoms with E-state index in [1.807, 2.05) is 0 Å². The molecule has 10 heteroatoms. The molecule has 0 aliphatic carbocycles. The molecule has 0 radical (unpaired) electrons. The minimum atomic E-state index is -3.30. The van der Waals surface area contributed by atoms with Crippen molar-refractivity contribution in [1.82, 2.24) is 14.3 Å². The van der Waals surface area contributed by atoms with Crippen LogP contribution in [0.25, 0.3) is 16.6 Å². The molecule has 0 saturated carbocycles. The Balaban J connectivity index is 2.02. The summed E-state index contributed by atoms with van der Waals surface area (Å²) < 4.78 is 40.3. The summed E-state index contributed by atoms with van der Waals surface area (Å²) in [6, 6.07) is 10.9. The molecule has 6 nitrogen and oxygen atoms in total. The van der Waals surface area contributed by atoms with Crippen LogP contribution in [0.4, 0.5) is 4.39 Å². The molecule has 0 aliphatic rings. The lowest BCUT2D eigenvalue weighted by Gasteiger charge is -2.13.